The Hall–Kier alpha value is -1.31. The number of hydrogen-bond acceptors (Lipinski definition) is 5. The van der Waals surface area contributed by atoms with Crippen molar-refractivity contribution in [3.63, 3.8) is 0 Å². The fraction of sp³-hybridized carbons (Fsp3) is 0.500. The summed E-state index contributed by atoms with van der Waals surface area (Å²) in [5, 5.41) is 8.21. The van der Waals surface area contributed by atoms with Gasteiger partial charge in [-0.15, -0.1) is 0 Å². The summed E-state index contributed by atoms with van der Waals surface area (Å²) < 4.78 is 22.5. The number of hydrogen-bond donors (Lipinski definition) is 3. The minimum atomic E-state index is -3.70. The molecule has 1 aromatic rings. The van der Waals surface area contributed by atoms with Gasteiger partial charge in [-0.1, -0.05) is 0 Å². The van der Waals surface area contributed by atoms with Gasteiger partial charge in [0.15, 0.2) is 0 Å². The zero-order valence-corrected chi connectivity index (χ0v) is 12.4. The summed E-state index contributed by atoms with van der Waals surface area (Å²) in [6, 6.07) is 4.85. The standard InChI is InChI=1S/C12H22N4O2S/c1-9(2)16(3)7-6-15-12-8-10(19(14,17)18)4-5-11(12)13/h4-5,8-9,15H,6-7,13H2,1-3H3,(H2,14,17,18). The third-order valence-electron chi connectivity index (χ3n) is 3.01. The minimum Gasteiger partial charge on any atom is -0.397 e. The molecule has 1 rings (SSSR count). The van der Waals surface area contributed by atoms with Gasteiger partial charge in [-0.05, 0) is 39.1 Å². The fourth-order valence-corrected chi connectivity index (χ4v) is 2.03. The van der Waals surface area contributed by atoms with Gasteiger partial charge in [-0.2, -0.15) is 0 Å². The summed E-state index contributed by atoms with van der Waals surface area (Å²) in [6.45, 7) is 5.72. The molecule has 0 saturated carbocycles. The zero-order chi connectivity index (χ0) is 14.6. The molecule has 0 radical (unpaired) electrons. The highest BCUT2D eigenvalue weighted by Crippen LogP contribution is 2.21. The number of benzene rings is 1. The van der Waals surface area contributed by atoms with Crippen LogP contribution in [-0.4, -0.2) is 39.5 Å². The number of rotatable bonds is 6. The van der Waals surface area contributed by atoms with E-state index in [0.29, 0.717) is 24.0 Å². The van der Waals surface area contributed by atoms with Crippen molar-refractivity contribution in [2.45, 2.75) is 24.8 Å². The molecule has 7 heteroatoms. The Kier molecular flexibility index (Phi) is 5.16. The molecule has 0 fully saturated rings. The lowest BCUT2D eigenvalue weighted by Crippen LogP contribution is -2.31. The van der Waals surface area contributed by atoms with Crippen LogP contribution in [0.1, 0.15) is 13.8 Å². The zero-order valence-electron chi connectivity index (χ0n) is 11.6. The molecule has 0 aliphatic carbocycles. The molecule has 0 bridgehead atoms. The first kappa shape index (κ1) is 15.7. The van der Waals surface area contributed by atoms with Crippen LogP contribution in [0.4, 0.5) is 11.4 Å². The highest BCUT2D eigenvalue weighted by molar-refractivity contribution is 7.89. The normalized spacial score (nSPS) is 12.1. The fourth-order valence-electron chi connectivity index (χ4n) is 1.49. The highest BCUT2D eigenvalue weighted by Gasteiger charge is 2.10. The van der Waals surface area contributed by atoms with Gasteiger partial charge >= 0.3 is 0 Å². The minimum absolute atomic E-state index is 0.0569. The quantitative estimate of drug-likeness (QED) is 0.667. The predicted octanol–water partition coefficient (Wildman–Crippen LogP) is 0.668. The topological polar surface area (TPSA) is 101 Å². The summed E-state index contributed by atoms with van der Waals surface area (Å²) in [5.74, 6) is 0. The second kappa shape index (κ2) is 6.23. The first-order chi connectivity index (χ1) is 8.71. The molecule has 0 aliphatic rings. The number of nitrogens with one attached hydrogen (secondary N) is 1. The number of nitrogen functional groups attached to an aromatic ring is 1. The van der Waals surface area contributed by atoms with Crippen LogP contribution in [0.25, 0.3) is 0 Å². The van der Waals surface area contributed by atoms with Crippen LogP contribution < -0.4 is 16.2 Å². The largest absolute Gasteiger partial charge is 0.397 e. The van der Waals surface area contributed by atoms with Crippen LogP contribution >= 0.6 is 0 Å². The first-order valence-electron chi connectivity index (χ1n) is 6.08. The molecule has 0 heterocycles. The van der Waals surface area contributed by atoms with Gasteiger partial charge < -0.3 is 16.0 Å². The third-order valence-corrected chi connectivity index (χ3v) is 3.93. The molecule has 0 aromatic heterocycles. The predicted molar refractivity (Wildman–Crippen MR) is 78.5 cm³/mol. The summed E-state index contributed by atoms with van der Waals surface area (Å²) in [5.41, 5.74) is 6.88. The molecule has 0 saturated heterocycles. The van der Waals surface area contributed by atoms with E-state index in [-0.39, 0.29) is 4.90 Å². The molecule has 108 valence electrons. The van der Waals surface area contributed by atoms with Crippen LogP contribution in [0, 0.1) is 0 Å². The molecule has 0 atom stereocenters. The SMILES string of the molecule is CC(C)N(C)CCNc1cc(S(N)(=O)=O)ccc1N. The maximum absolute atomic E-state index is 11.3. The van der Waals surface area contributed by atoms with Crippen LogP contribution in [0.5, 0.6) is 0 Å². The van der Waals surface area contributed by atoms with E-state index in [1.807, 2.05) is 7.05 Å². The molecule has 1 aromatic carbocycles. The maximum atomic E-state index is 11.3. The number of nitrogens with two attached hydrogens (primary N) is 2. The molecule has 0 spiro atoms. The van der Waals surface area contributed by atoms with E-state index in [2.05, 4.69) is 24.1 Å². The van der Waals surface area contributed by atoms with Gasteiger partial charge in [0.05, 0.1) is 16.3 Å². The van der Waals surface area contributed by atoms with Gasteiger partial charge in [0.2, 0.25) is 10.0 Å². The average molecular weight is 286 g/mol. The Bertz CT molecular complexity index is 529. The van der Waals surface area contributed by atoms with Crippen molar-refractivity contribution >= 4 is 21.4 Å². The molecular formula is C12H22N4O2S. The lowest BCUT2D eigenvalue weighted by Gasteiger charge is -2.21. The lowest BCUT2D eigenvalue weighted by atomic mass is 10.2. The van der Waals surface area contributed by atoms with E-state index in [4.69, 9.17) is 10.9 Å². The second-order valence-electron chi connectivity index (χ2n) is 4.80. The summed E-state index contributed by atoms with van der Waals surface area (Å²) in [4.78, 5) is 2.23. The summed E-state index contributed by atoms with van der Waals surface area (Å²) >= 11 is 0. The van der Waals surface area contributed by atoms with Crippen molar-refractivity contribution in [2.24, 2.45) is 5.14 Å². The molecule has 0 aliphatic heterocycles. The number of sulfonamides is 1. The second-order valence-corrected chi connectivity index (χ2v) is 6.36. The number of nitrogens with zero attached hydrogens (tertiary/aromatic N) is 1. The summed E-state index contributed by atoms with van der Waals surface area (Å²) in [7, 11) is -1.68. The number of anilines is 2. The van der Waals surface area contributed by atoms with Crippen molar-refractivity contribution in [1.82, 2.24) is 4.90 Å². The molecule has 5 N–H and O–H groups in total. The van der Waals surface area contributed by atoms with Gasteiger partial charge in [0, 0.05) is 19.1 Å². The van der Waals surface area contributed by atoms with E-state index in [9.17, 15) is 8.42 Å². The maximum Gasteiger partial charge on any atom is 0.238 e. The molecule has 19 heavy (non-hydrogen) atoms. The van der Waals surface area contributed by atoms with Crippen LogP contribution in [0.2, 0.25) is 0 Å². The van der Waals surface area contributed by atoms with Crippen LogP contribution in [0.3, 0.4) is 0 Å². The Morgan fingerprint density at radius 2 is 2.00 bits per heavy atom. The van der Waals surface area contributed by atoms with Crippen molar-refractivity contribution in [2.75, 3.05) is 31.2 Å². The van der Waals surface area contributed by atoms with Gasteiger partial charge in [0.1, 0.15) is 0 Å². The van der Waals surface area contributed by atoms with E-state index in [1.165, 1.54) is 18.2 Å². The summed E-state index contributed by atoms with van der Waals surface area (Å²) in [6.07, 6.45) is 0. The van der Waals surface area contributed by atoms with Gasteiger partial charge in [0.25, 0.3) is 0 Å². The first-order valence-corrected chi connectivity index (χ1v) is 7.63. The number of likely N-dealkylation sites (N-methyl/N-ethyl adjacent to an activating group) is 1. The average Bonchev–Trinajstić information content (AvgIpc) is 2.29. The lowest BCUT2D eigenvalue weighted by molar-refractivity contribution is 0.284. The highest BCUT2D eigenvalue weighted by atomic mass is 32.2. The van der Waals surface area contributed by atoms with Crippen LogP contribution in [0.15, 0.2) is 23.1 Å². The number of primary sulfonamides is 1. The van der Waals surface area contributed by atoms with Crippen LogP contribution in [-0.2, 0) is 10.0 Å². The van der Waals surface area contributed by atoms with Gasteiger partial charge in [-0.3, -0.25) is 0 Å². The van der Waals surface area contributed by atoms with Crippen molar-refractivity contribution in [1.29, 1.82) is 0 Å². The van der Waals surface area contributed by atoms with Crippen molar-refractivity contribution in [3.8, 4) is 0 Å². The smallest absolute Gasteiger partial charge is 0.238 e. The molecule has 0 amide bonds. The monoisotopic (exact) mass is 286 g/mol. The van der Waals surface area contributed by atoms with Gasteiger partial charge in [-0.25, -0.2) is 13.6 Å². The van der Waals surface area contributed by atoms with Crippen molar-refractivity contribution < 1.29 is 8.42 Å². The Balaban J connectivity index is 2.73. The van der Waals surface area contributed by atoms with E-state index >= 15 is 0 Å². The van der Waals surface area contributed by atoms with E-state index in [1.54, 1.807) is 0 Å². The molecule has 0 unspecified atom stereocenters. The van der Waals surface area contributed by atoms with Crippen molar-refractivity contribution in [3.05, 3.63) is 18.2 Å². The Morgan fingerprint density at radius 1 is 1.37 bits per heavy atom. The third kappa shape index (κ3) is 4.70. The molecule has 6 nitrogen and oxygen atoms in total. The molecular weight excluding hydrogens is 264 g/mol. The van der Waals surface area contributed by atoms with E-state index < -0.39 is 10.0 Å². The van der Waals surface area contributed by atoms with E-state index in [0.717, 1.165) is 6.54 Å². The Labute approximate surface area is 114 Å². The Morgan fingerprint density at radius 3 is 2.53 bits per heavy atom.